The monoisotopic (exact) mass is 226 g/mol. The van der Waals surface area contributed by atoms with E-state index in [0.29, 0.717) is 0 Å². The molecule has 4 heteroatoms. The van der Waals surface area contributed by atoms with E-state index < -0.39 is 0 Å². The van der Waals surface area contributed by atoms with E-state index in [1.54, 1.807) is 17.0 Å². The van der Waals surface area contributed by atoms with Crippen molar-refractivity contribution in [2.24, 2.45) is 0 Å². The zero-order chi connectivity index (χ0) is 11.8. The van der Waals surface area contributed by atoms with Crippen molar-refractivity contribution < 1.29 is 9.36 Å². The third kappa shape index (κ3) is 1.58. The first kappa shape index (κ1) is 9.96. The Bertz CT molecular complexity index is 580. The first-order chi connectivity index (χ1) is 8.25. The van der Waals surface area contributed by atoms with E-state index in [-0.39, 0.29) is 11.9 Å². The number of nitrogens with one attached hydrogen (secondary N) is 1. The second kappa shape index (κ2) is 3.66. The van der Waals surface area contributed by atoms with Crippen molar-refractivity contribution in [3.8, 4) is 11.3 Å². The lowest BCUT2D eigenvalue weighted by molar-refractivity contribution is -0.552. The molecule has 84 valence electrons. The molecule has 1 atom stereocenters. The van der Waals surface area contributed by atoms with Gasteiger partial charge in [-0.1, -0.05) is 30.3 Å². The van der Waals surface area contributed by atoms with Crippen LogP contribution in [-0.2, 0) is 0 Å². The molecule has 0 saturated heterocycles. The van der Waals surface area contributed by atoms with Crippen molar-refractivity contribution in [2.75, 3.05) is 5.32 Å². The Morgan fingerprint density at radius 3 is 2.82 bits per heavy atom. The van der Waals surface area contributed by atoms with Gasteiger partial charge in [-0.15, -0.1) is 0 Å². The summed E-state index contributed by atoms with van der Waals surface area (Å²) >= 11 is 0. The van der Waals surface area contributed by atoms with Crippen LogP contribution in [0.15, 0.2) is 42.7 Å². The maximum absolute atomic E-state index is 11.9. The summed E-state index contributed by atoms with van der Waals surface area (Å²) in [6, 6.07) is 9.65. The number of carbonyl (C=O) groups is 1. The quantitative estimate of drug-likeness (QED) is 0.749. The van der Waals surface area contributed by atoms with Crippen LogP contribution in [0.5, 0.6) is 0 Å². The van der Waals surface area contributed by atoms with Crippen LogP contribution < -0.4 is 9.88 Å². The van der Waals surface area contributed by atoms with Crippen LogP contribution in [0.25, 0.3) is 11.3 Å². The number of hydrogen-bond donors (Lipinski definition) is 1. The number of aromatic nitrogens is 2. The molecule has 0 saturated carbocycles. The maximum atomic E-state index is 11.9. The SMILES string of the molecule is CC1Nc2cnc(-c3ccccc3)c[n+]2C1=O. The minimum absolute atomic E-state index is 0.0552. The van der Waals surface area contributed by atoms with E-state index in [9.17, 15) is 4.79 Å². The molecule has 1 unspecified atom stereocenters. The Hall–Kier alpha value is -2.23. The highest BCUT2D eigenvalue weighted by molar-refractivity contribution is 5.80. The summed E-state index contributed by atoms with van der Waals surface area (Å²) in [4.78, 5) is 16.2. The molecule has 1 aromatic heterocycles. The number of anilines is 1. The molecule has 0 spiro atoms. The number of benzene rings is 1. The first-order valence-corrected chi connectivity index (χ1v) is 5.53. The van der Waals surface area contributed by atoms with Gasteiger partial charge in [-0.3, -0.25) is 5.32 Å². The highest BCUT2D eigenvalue weighted by Crippen LogP contribution is 2.17. The molecule has 3 rings (SSSR count). The zero-order valence-electron chi connectivity index (χ0n) is 9.42. The average molecular weight is 226 g/mol. The van der Waals surface area contributed by atoms with Gasteiger partial charge in [0.1, 0.15) is 18.1 Å². The summed E-state index contributed by atoms with van der Waals surface area (Å²) < 4.78 is 1.62. The molecule has 4 nitrogen and oxygen atoms in total. The summed E-state index contributed by atoms with van der Waals surface area (Å²) in [6.07, 6.45) is 3.48. The van der Waals surface area contributed by atoms with Gasteiger partial charge in [-0.2, -0.15) is 4.57 Å². The van der Waals surface area contributed by atoms with Crippen molar-refractivity contribution in [3.05, 3.63) is 42.7 Å². The molecule has 0 fully saturated rings. The molecule has 0 bridgehead atoms. The fourth-order valence-electron chi connectivity index (χ4n) is 1.96. The van der Waals surface area contributed by atoms with Crippen LogP contribution in [0.4, 0.5) is 5.82 Å². The molecule has 1 aliphatic heterocycles. The van der Waals surface area contributed by atoms with Crippen molar-refractivity contribution in [1.29, 1.82) is 0 Å². The second-order valence-electron chi connectivity index (χ2n) is 4.10. The van der Waals surface area contributed by atoms with E-state index in [1.807, 2.05) is 37.3 Å². The van der Waals surface area contributed by atoms with Crippen molar-refractivity contribution in [3.63, 3.8) is 0 Å². The minimum Gasteiger partial charge on any atom is -0.259 e. The summed E-state index contributed by atoms with van der Waals surface area (Å²) in [5, 5.41) is 3.08. The van der Waals surface area contributed by atoms with Crippen molar-refractivity contribution in [1.82, 2.24) is 4.98 Å². The number of fused-ring (bicyclic) bond motifs is 1. The van der Waals surface area contributed by atoms with Crippen molar-refractivity contribution >= 4 is 11.7 Å². The van der Waals surface area contributed by atoms with Gasteiger partial charge in [-0.25, -0.2) is 9.78 Å². The topological polar surface area (TPSA) is 45.9 Å². The smallest absolute Gasteiger partial charge is 0.259 e. The van der Waals surface area contributed by atoms with Crippen LogP contribution in [0.3, 0.4) is 0 Å². The van der Waals surface area contributed by atoms with Gasteiger partial charge < -0.3 is 0 Å². The van der Waals surface area contributed by atoms with Gasteiger partial charge in [0.05, 0.1) is 0 Å². The third-order valence-corrected chi connectivity index (χ3v) is 2.88. The molecule has 1 N–H and O–H groups in total. The molecule has 1 aromatic carbocycles. The lowest BCUT2D eigenvalue weighted by Gasteiger charge is -1.99. The summed E-state index contributed by atoms with van der Waals surface area (Å²) in [5.74, 6) is 0.807. The molecule has 17 heavy (non-hydrogen) atoms. The molecule has 1 aliphatic rings. The summed E-state index contributed by atoms with van der Waals surface area (Å²) in [5.41, 5.74) is 1.81. The zero-order valence-corrected chi connectivity index (χ0v) is 9.42. The lowest BCUT2D eigenvalue weighted by Crippen LogP contribution is -2.42. The average Bonchev–Trinajstić information content (AvgIpc) is 2.66. The normalized spacial score (nSPS) is 17.7. The van der Waals surface area contributed by atoms with Crippen LogP contribution in [0, 0.1) is 0 Å². The van der Waals surface area contributed by atoms with Gasteiger partial charge in [0.25, 0.3) is 0 Å². The van der Waals surface area contributed by atoms with Crippen LogP contribution in [0.1, 0.15) is 11.7 Å². The number of carbonyl (C=O) groups excluding carboxylic acids is 1. The number of hydrogen-bond acceptors (Lipinski definition) is 3. The number of nitrogens with zero attached hydrogens (tertiary/aromatic N) is 2. The molecule has 0 radical (unpaired) electrons. The Labute approximate surface area is 98.9 Å². The molecule has 2 heterocycles. The van der Waals surface area contributed by atoms with Crippen LogP contribution in [-0.4, -0.2) is 16.9 Å². The van der Waals surface area contributed by atoms with E-state index in [0.717, 1.165) is 17.1 Å². The highest BCUT2D eigenvalue weighted by Gasteiger charge is 2.34. The lowest BCUT2D eigenvalue weighted by atomic mass is 10.2. The summed E-state index contributed by atoms with van der Waals surface area (Å²) in [6.45, 7) is 1.84. The van der Waals surface area contributed by atoms with Crippen molar-refractivity contribution in [2.45, 2.75) is 13.0 Å². The molecular formula is C13H12N3O+. The summed E-state index contributed by atoms with van der Waals surface area (Å²) in [7, 11) is 0. The first-order valence-electron chi connectivity index (χ1n) is 5.53. The standard InChI is InChI=1S/C13H11N3O/c1-9-13(17)16-8-11(14-7-12(16)15-9)10-5-3-2-4-6-10/h2-9H,1H3/p+1. The van der Waals surface area contributed by atoms with Gasteiger partial charge in [0, 0.05) is 5.56 Å². The Kier molecular flexibility index (Phi) is 2.14. The third-order valence-electron chi connectivity index (χ3n) is 2.88. The van der Waals surface area contributed by atoms with Gasteiger partial charge in [0.15, 0.2) is 6.04 Å². The second-order valence-corrected chi connectivity index (χ2v) is 4.10. The highest BCUT2D eigenvalue weighted by atomic mass is 16.2. The Morgan fingerprint density at radius 1 is 1.29 bits per heavy atom. The number of rotatable bonds is 1. The molecular weight excluding hydrogens is 214 g/mol. The minimum atomic E-state index is -0.178. The fourth-order valence-corrected chi connectivity index (χ4v) is 1.96. The Morgan fingerprint density at radius 2 is 2.06 bits per heavy atom. The van der Waals surface area contributed by atoms with Gasteiger partial charge in [0.2, 0.25) is 0 Å². The van der Waals surface area contributed by atoms with E-state index in [4.69, 9.17) is 0 Å². The Balaban J connectivity index is 2.09. The van der Waals surface area contributed by atoms with Gasteiger partial charge >= 0.3 is 11.7 Å². The van der Waals surface area contributed by atoms with Crippen LogP contribution >= 0.6 is 0 Å². The largest absolute Gasteiger partial charge is 0.358 e. The van der Waals surface area contributed by atoms with E-state index in [2.05, 4.69) is 10.3 Å². The predicted molar refractivity (Wildman–Crippen MR) is 63.6 cm³/mol. The molecule has 0 amide bonds. The molecule has 2 aromatic rings. The molecule has 0 aliphatic carbocycles. The van der Waals surface area contributed by atoms with Crippen LogP contribution in [0.2, 0.25) is 0 Å². The fraction of sp³-hybridized carbons (Fsp3) is 0.154. The van der Waals surface area contributed by atoms with E-state index in [1.165, 1.54) is 0 Å². The maximum Gasteiger partial charge on any atom is 0.358 e. The van der Waals surface area contributed by atoms with Gasteiger partial charge in [-0.05, 0) is 6.92 Å². The predicted octanol–water partition coefficient (Wildman–Crippen LogP) is 1.49. The van der Waals surface area contributed by atoms with E-state index >= 15 is 0 Å².